The van der Waals surface area contributed by atoms with Gasteiger partial charge in [0.1, 0.15) is 30.8 Å². The molecular weight excluding hydrogens is 450 g/mol. The SMILES string of the molecule is O=C1N=C(N2CCCCC2)SC1=Cc1ccc(OCCNCC(O)COc2ccccc2)cc1. The Kier molecular flexibility index (Phi) is 9.01. The van der Waals surface area contributed by atoms with E-state index >= 15 is 0 Å². The van der Waals surface area contributed by atoms with Crippen molar-refractivity contribution >= 4 is 28.9 Å². The Morgan fingerprint density at radius 1 is 1.03 bits per heavy atom. The van der Waals surface area contributed by atoms with Crippen LogP contribution in [0.3, 0.4) is 0 Å². The molecule has 8 heteroatoms. The Morgan fingerprint density at radius 3 is 2.53 bits per heavy atom. The molecule has 34 heavy (non-hydrogen) atoms. The standard InChI is InChI=1S/C26H31N3O4S/c30-21(19-33-22-7-3-1-4-8-22)18-27-13-16-32-23-11-9-20(10-12-23)17-24-25(31)28-26(34-24)29-14-5-2-6-15-29/h1,3-4,7-12,17,21,27,30H,2,5-6,13-16,18-19H2. The van der Waals surface area contributed by atoms with Crippen LogP contribution in [0.5, 0.6) is 11.5 Å². The number of amidine groups is 1. The van der Waals surface area contributed by atoms with Gasteiger partial charge in [-0.3, -0.25) is 4.79 Å². The number of aliphatic hydroxyl groups is 1. The van der Waals surface area contributed by atoms with Gasteiger partial charge in [-0.15, -0.1) is 0 Å². The first kappa shape index (κ1) is 24.3. The molecule has 180 valence electrons. The average Bonchev–Trinajstić information content (AvgIpc) is 3.24. The zero-order chi connectivity index (χ0) is 23.6. The van der Waals surface area contributed by atoms with E-state index in [2.05, 4.69) is 15.2 Å². The summed E-state index contributed by atoms with van der Waals surface area (Å²) < 4.78 is 11.3. The van der Waals surface area contributed by atoms with E-state index in [4.69, 9.17) is 9.47 Å². The summed E-state index contributed by atoms with van der Waals surface area (Å²) in [5.74, 6) is 1.34. The van der Waals surface area contributed by atoms with Gasteiger partial charge >= 0.3 is 0 Å². The highest BCUT2D eigenvalue weighted by molar-refractivity contribution is 8.18. The van der Waals surface area contributed by atoms with E-state index in [-0.39, 0.29) is 12.5 Å². The largest absolute Gasteiger partial charge is 0.492 e. The van der Waals surface area contributed by atoms with Crippen LogP contribution in [-0.2, 0) is 4.79 Å². The van der Waals surface area contributed by atoms with Crippen LogP contribution in [0.15, 0.2) is 64.5 Å². The van der Waals surface area contributed by atoms with E-state index < -0.39 is 6.10 Å². The minimum absolute atomic E-state index is 0.159. The van der Waals surface area contributed by atoms with E-state index in [1.165, 1.54) is 18.2 Å². The summed E-state index contributed by atoms with van der Waals surface area (Å²) in [7, 11) is 0. The highest BCUT2D eigenvalue weighted by Gasteiger charge is 2.26. The van der Waals surface area contributed by atoms with Gasteiger partial charge in [-0.25, -0.2) is 0 Å². The van der Waals surface area contributed by atoms with Crippen molar-refractivity contribution in [1.29, 1.82) is 0 Å². The van der Waals surface area contributed by atoms with Gasteiger partial charge < -0.3 is 24.8 Å². The van der Waals surface area contributed by atoms with Gasteiger partial charge in [-0.05, 0) is 66.9 Å². The molecule has 7 nitrogen and oxygen atoms in total. The summed E-state index contributed by atoms with van der Waals surface area (Å²) in [6, 6.07) is 17.1. The number of rotatable bonds is 10. The summed E-state index contributed by atoms with van der Waals surface area (Å²) in [6.07, 6.45) is 4.86. The number of para-hydroxylation sites is 1. The third-order valence-corrected chi connectivity index (χ3v) is 6.57. The molecule has 2 heterocycles. The number of amides is 1. The zero-order valence-electron chi connectivity index (χ0n) is 19.2. The molecule has 2 aliphatic heterocycles. The molecule has 1 fully saturated rings. The van der Waals surface area contributed by atoms with Gasteiger partial charge in [0, 0.05) is 26.2 Å². The van der Waals surface area contributed by atoms with Gasteiger partial charge in [0.25, 0.3) is 5.91 Å². The summed E-state index contributed by atoms with van der Waals surface area (Å²) in [6.45, 7) is 3.71. The molecule has 1 unspecified atom stereocenters. The van der Waals surface area contributed by atoms with E-state index in [0.29, 0.717) is 24.6 Å². The van der Waals surface area contributed by atoms with E-state index in [1.54, 1.807) is 0 Å². The van der Waals surface area contributed by atoms with Gasteiger partial charge in [0.15, 0.2) is 5.17 Å². The van der Waals surface area contributed by atoms with Crippen molar-refractivity contribution in [3.05, 3.63) is 65.1 Å². The quantitative estimate of drug-likeness (QED) is 0.397. The number of thioether (sulfide) groups is 1. The predicted molar refractivity (Wildman–Crippen MR) is 136 cm³/mol. The molecule has 0 aliphatic carbocycles. The van der Waals surface area contributed by atoms with Crippen molar-refractivity contribution < 1.29 is 19.4 Å². The monoisotopic (exact) mass is 481 g/mol. The van der Waals surface area contributed by atoms with Crippen LogP contribution in [0.2, 0.25) is 0 Å². The molecule has 2 aromatic rings. The number of likely N-dealkylation sites (tertiary alicyclic amines) is 1. The Morgan fingerprint density at radius 2 is 1.76 bits per heavy atom. The second-order valence-corrected chi connectivity index (χ2v) is 9.27. The number of carbonyl (C=O) groups excluding carboxylic acids is 1. The Bertz CT molecular complexity index is 989. The maximum absolute atomic E-state index is 12.3. The topological polar surface area (TPSA) is 83.4 Å². The third-order valence-electron chi connectivity index (χ3n) is 5.53. The first-order valence-electron chi connectivity index (χ1n) is 11.7. The van der Waals surface area contributed by atoms with Gasteiger partial charge in [0.05, 0.1) is 4.91 Å². The van der Waals surface area contributed by atoms with Crippen LogP contribution in [0.1, 0.15) is 24.8 Å². The fourth-order valence-corrected chi connectivity index (χ4v) is 4.67. The number of carbonyl (C=O) groups is 1. The lowest BCUT2D eigenvalue weighted by atomic mass is 10.1. The molecule has 0 spiro atoms. The van der Waals surface area contributed by atoms with Crippen molar-refractivity contribution in [2.45, 2.75) is 25.4 Å². The van der Waals surface area contributed by atoms with E-state index in [9.17, 15) is 9.90 Å². The molecule has 0 bridgehead atoms. The van der Waals surface area contributed by atoms with Crippen molar-refractivity contribution in [3.63, 3.8) is 0 Å². The summed E-state index contributed by atoms with van der Waals surface area (Å²) in [5.41, 5.74) is 0.943. The van der Waals surface area contributed by atoms with Gasteiger partial charge in [-0.2, -0.15) is 4.99 Å². The molecule has 1 saturated heterocycles. The first-order chi connectivity index (χ1) is 16.7. The minimum atomic E-state index is -0.594. The number of nitrogens with one attached hydrogen (secondary N) is 1. The maximum Gasteiger partial charge on any atom is 0.286 e. The molecule has 4 rings (SSSR count). The van der Waals surface area contributed by atoms with Crippen molar-refractivity contribution in [3.8, 4) is 11.5 Å². The normalized spacial score (nSPS) is 18.1. The number of hydrogen-bond acceptors (Lipinski definition) is 7. The summed E-state index contributed by atoms with van der Waals surface area (Å²) in [5, 5.41) is 14.0. The molecule has 2 N–H and O–H groups in total. The van der Waals surface area contributed by atoms with Crippen LogP contribution in [0, 0.1) is 0 Å². The Labute approximate surface area is 204 Å². The zero-order valence-corrected chi connectivity index (χ0v) is 20.0. The smallest absolute Gasteiger partial charge is 0.286 e. The van der Waals surface area contributed by atoms with Crippen LogP contribution in [-0.4, -0.2) is 66.6 Å². The number of nitrogens with zero attached hydrogens (tertiary/aromatic N) is 2. The van der Waals surface area contributed by atoms with Crippen LogP contribution >= 0.6 is 11.8 Å². The van der Waals surface area contributed by atoms with Gasteiger partial charge in [-0.1, -0.05) is 30.3 Å². The number of aliphatic hydroxyl groups excluding tert-OH is 1. The lowest BCUT2D eigenvalue weighted by Gasteiger charge is -2.27. The highest BCUT2D eigenvalue weighted by Crippen LogP contribution is 2.31. The molecule has 1 atom stereocenters. The fourth-order valence-electron chi connectivity index (χ4n) is 3.71. The number of benzene rings is 2. The lowest BCUT2D eigenvalue weighted by Crippen LogP contribution is -2.33. The van der Waals surface area contributed by atoms with Crippen LogP contribution in [0.25, 0.3) is 6.08 Å². The van der Waals surface area contributed by atoms with Crippen LogP contribution in [0.4, 0.5) is 0 Å². The van der Waals surface area contributed by atoms with Crippen molar-refractivity contribution in [1.82, 2.24) is 10.2 Å². The predicted octanol–water partition coefficient (Wildman–Crippen LogP) is 3.55. The average molecular weight is 482 g/mol. The molecule has 2 aromatic carbocycles. The number of hydrogen-bond donors (Lipinski definition) is 2. The van der Waals surface area contributed by atoms with Crippen molar-refractivity contribution in [2.75, 3.05) is 39.4 Å². The Hall–Kier alpha value is -2.81. The lowest BCUT2D eigenvalue weighted by molar-refractivity contribution is -0.113. The number of piperidine rings is 1. The molecule has 0 radical (unpaired) electrons. The third kappa shape index (κ3) is 7.35. The molecule has 0 aromatic heterocycles. The first-order valence-corrected chi connectivity index (χ1v) is 12.6. The Balaban J connectivity index is 1.14. The number of ether oxygens (including phenoxy) is 2. The minimum Gasteiger partial charge on any atom is -0.492 e. The molecular formula is C26H31N3O4S. The van der Waals surface area contributed by atoms with E-state index in [1.807, 2.05) is 60.7 Å². The molecule has 2 aliphatic rings. The maximum atomic E-state index is 12.3. The highest BCUT2D eigenvalue weighted by atomic mass is 32.2. The van der Waals surface area contributed by atoms with Crippen LogP contribution < -0.4 is 14.8 Å². The molecule has 0 saturated carbocycles. The van der Waals surface area contributed by atoms with E-state index in [0.717, 1.165) is 48.2 Å². The van der Waals surface area contributed by atoms with Gasteiger partial charge in [0.2, 0.25) is 0 Å². The molecule has 1 amide bonds. The fraction of sp³-hybridized carbons (Fsp3) is 0.385. The second kappa shape index (κ2) is 12.6. The summed E-state index contributed by atoms with van der Waals surface area (Å²) in [4.78, 5) is 19.4. The summed E-state index contributed by atoms with van der Waals surface area (Å²) >= 11 is 1.47. The number of aliphatic imine (C=N–C) groups is 1. The van der Waals surface area contributed by atoms with Crippen molar-refractivity contribution in [2.24, 2.45) is 4.99 Å². The second-order valence-electron chi connectivity index (χ2n) is 8.26.